The topological polar surface area (TPSA) is 50.7 Å². The molecule has 0 fully saturated rings. The highest BCUT2D eigenvalue weighted by molar-refractivity contribution is 9.10. The van der Waals surface area contributed by atoms with Gasteiger partial charge in [0.05, 0.1) is 5.71 Å². The lowest BCUT2D eigenvalue weighted by atomic mass is 9.90. The first-order valence-corrected chi connectivity index (χ1v) is 6.64. The molecule has 0 radical (unpaired) electrons. The van der Waals surface area contributed by atoms with Crippen LogP contribution in [-0.2, 0) is 0 Å². The van der Waals surface area contributed by atoms with Crippen LogP contribution in [-0.4, -0.2) is 11.5 Å². The minimum absolute atomic E-state index is 0.308. The summed E-state index contributed by atoms with van der Waals surface area (Å²) in [7, 11) is 0. The summed E-state index contributed by atoms with van der Waals surface area (Å²) in [6.45, 7) is 2.12. The molecular weight excluding hydrogens is 302 g/mol. The molecule has 90 valence electrons. The van der Waals surface area contributed by atoms with Crippen LogP contribution in [0.4, 0.5) is 0 Å². The Morgan fingerprint density at radius 1 is 1.47 bits per heavy atom. The first-order chi connectivity index (χ1) is 8.11. The lowest BCUT2D eigenvalue weighted by molar-refractivity contribution is 0.676. The second kappa shape index (κ2) is 5.19. The van der Waals surface area contributed by atoms with Gasteiger partial charge in [-0.25, -0.2) is 0 Å². The lowest BCUT2D eigenvalue weighted by Crippen LogP contribution is -2.27. The zero-order chi connectivity index (χ0) is 12.4. The molecule has 1 aliphatic rings. The van der Waals surface area contributed by atoms with Gasteiger partial charge in [-0.2, -0.15) is 5.10 Å². The van der Waals surface area contributed by atoms with Crippen LogP contribution < -0.4 is 5.73 Å². The molecular formula is C12H13BrClN3. The molecule has 3 nitrogen and oxygen atoms in total. The third-order valence-corrected chi connectivity index (χ3v) is 3.75. The second-order valence-corrected chi connectivity index (χ2v) is 5.30. The van der Waals surface area contributed by atoms with Gasteiger partial charge in [-0.05, 0) is 24.6 Å². The van der Waals surface area contributed by atoms with E-state index in [1.807, 2.05) is 18.2 Å². The maximum absolute atomic E-state index is 6.02. The minimum Gasteiger partial charge on any atom is -0.386 e. The van der Waals surface area contributed by atoms with Gasteiger partial charge < -0.3 is 5.73 Å². The maximum atomic E-state index is 6.02. The lowest BCUT2D eigenvalue weighted by Gasteiger charge is -2.20. The summed E-state index contributed by atoms with van der Waals surface area (Å²) < 4.78 is 0.981. The zero-order valence-electron chi connectivity index (χ0n) is 9.45. The van der Waals surface area contributed by atoms with Crippen molar-refractivity contribution in [1.29, 1.82) is 0 Å². The Morgan fingerprint density at radius 2 is 2.24 bits per heavy atom. The highest BCUT2D eigenvalue weighted by Gasteiger charge is 2.22. The number of hydrogen-bond donors (Lipinski definition) is 1. The van der Waals surface area contributed by atoms with E-state index in [0.29, 0.717) is 16.8 Å². The van der Waals surface area contributed by atoms with Gasteiger partial charge in [-0.15, -0.1) is 5.10 Å². The predicted octanol–water partition coefficient (Wildman–Crippen LogP) is 3.59. The molecule has 1 aromatic rings. The summed E-state index contributed by atoms with van der Waals surface area (Å²) in [6, 6.07) is 5.68. The highest BCUT2D eigenvalue weighted by Crippen LogP contribution is 2.28. The summed E-state index contributed by atoms with van der Waals surface area (Å²) in [5.41, 5.74) is 7.67. The Bertz CT molecular complexity index is 497. The summed E-state index contributed by atoms with van der Waals surface area (Å²) in [5.74, 6) is 0.904. The van der Waals surface area contributed by atoms with Gasteiger partial charge in [0.15, 0.2) is 0 Å². The van der Waals surface area contributed by atoms with E-state index < -0.39 is 0 Å². The van der Waals surface area contributed by atoms with E-state index in [1.54, 1.807) is 0 Å². The summed E-state index contributed by atoms with van der Waals surface area (Å²) in [5, 5.41) is 8.90. The van der Waals surface area contributed by atoms with Crippen molar-refractivity contribution in [2.45, 2.75) is 19.8 Å². The average molecular weight is 315 g/mol. The molecule has 0 aliphatic carbocycles. The number of nitrogens with two attached hydrogens (primary N) is 1. The number of benzene rings is 1. The second-order valence-electron chi connectivity index (χ2n) is 4.01. The van der Waals surface area contributed by atoms with Crippen molar-refractivity contribution in [3.05, 3.63) is 33.3 Å². The molecule has 1 aromatic carbocycles. The van der Waals surface area contributed by atoms with Crippen molar-refractivity contribution in [3.63, 3.8) is 0 Å². The molecule has 0 amide bonds. The number of halogens is 2. The van der Waals surface area contributed by atoms with Gasteiger partial charge in [0.25, 0.3) is 0 Å². The van der Waals surface area contributed by atoms with Crippen molar-refractivity contribution in [1.82, 2.24) is 0 Å². The third-order valence-electron chi connectivity index (χ3n) is 2.83. The van der Waals surface area contributed by atoms with Crippen LogP contribution in [0, 0.1) is 5.92 Å². The molecule has 2 N–H and O–H groups in total. The van der Waals surface area contributed by atoms with Crippen molar-refractivity contribution >= 4 is 39.1 Å². The van der Waals surface area contributed by atoms with Gasteiger partial charge in [0.2, 0.25) is 0 Å². The van der Waals surface area contributed by atoms with Gasteiger partial charge >= 0.3 is 0 Å². The first-order valence-electron chi connectivity index (χ1n) is 5.47. The monoisotopic (exact) mass is 313 g/mol. The van der Waals surface area contributed by atoms with Gasteiger partial charge in [0.1, 0.15) is 5.84 Å². The smallest absolute Gasteiger partial charge is 0.123 e. The number of hydrogen-bond acceptors (Lipinski definition) is 3. The summed E-state index contributed by atoms with van der Waals surface area (Å²) >= 11 is 9.54. The molecule has 0 bridgehead atoms. The highest BCUT2D eigenvalue weighted by atomic mass is 79.9. The van der Waals surface area contributed by atoms with Crippen molar-refractivity contribution in [2.24, 2.45) is 21.9 Å². The van der Waals surface area contributed by atoms with E-state index in [4.69, 9.17) is 17.3 Å². The third kappa shape index (κ3) is 2.69. The number of amidine groups is 1. The van der Waals surface area contributed by atoms with Gasteiger partial charge in [-0.1, -0.05) is 34.5 Å². The molecule has 1 atom stereocenters. The molecule has 17 heavy (non-hydrogen) atoms. The molecule has 5 heteroatoms. The molecule has 1 unspecified atom stereocenters. The van der Waals surface area contributed by atoms with E-state index >= 15 is 0 Å². The largest absolute Gasteiger partial charge is 0.386 e. The average Bonchev–Trinajstić information content (AvgIpc) is 2.32. The molecule has 0 aromatic heterocycles. The van der Waals surface area contributed by atoms with Crippen LogP contribution in [0.1, 0.15) is 25.3 Å². The normalized spacial score (nSPS) is 19.8. The molecule has 0 saturated carbocycles. The van der Waals surface area contributed by atoms with Gasteiger partial charge in [-0.3, -0.25) is 0 Å². The van der Waals surface area contributed by atoms with Crippen LogP contribution >= 0.6 is 27.5 Å². The molecule has 2 rings (SSSR count). The van der Waals surface area contributed by atoms with E-state index in [1.165, 1.54) is 0 Å². The van der Waals surface area contributed by atoms with E-state index in [-0.39, 0.29) is 0 Å². The molecule has 1 aliphatic heterocycles. The maximum Gasteiger partial charge on any atom is 0.123 e. The Kier molecular flexibility index (Phi) is 3.84. The van der Waals surface area contributed by atoms with E-state index in [2.05, 4.69) is 33.1 Å². The van der Waals surface area contributed by atoms with Crippen LogP contribution in [0.3, 0.4) is 0 Å². The van der Waals surface area contributed by atoms with Crippen LogP contribution in [0.25, 0.3) is 0 Å². The van der Waals surface area contributed by atoms with E-state index in [9.17, 15) is 0 Å². The van der Waals surface area contributed by atoms with Gasteiger partial charge in [0, 0.05) is 27.4 Å². The first kappa shape index (κ1) is 12.6. The van der Waals surface area contributed by atoms with Crippen LogP contribution in [0.5, 0.6) is 0 Å². The standard InChI is InChI=1S/C12H13BrClN3/c1-2-7-5-11(15)16-17-12(7)9-6-8(14)3-4-10(9)13/h3-4,6-7H,2,5H2,1H3,(H2,15,16). The SMILES string of the molecule is CCC1CC(N)=NN=C1c1cc(Cl)ccc1Br. The van der Waals surface area contributed by atoms with Crippen molar-refractivity contribution in [2.75, 3.05) is 0 Å². The molecule has 1 heterocycles. The fourth-order valence-electron chi connectivity index (χ4n) is 1.89. The minimum atomic E-state index is 0.308. The van der Waals surface area contributed by atoms with Crippen molar-refractivity contribution < 1.29 is 0 Å². The van der Waals surface area contributed by atoms with Crippen LogP contribution in [0.2, 0.25) is 5.02 Å². The predicted molar refractivity (Wildman–Crippen MR) is 75.7 cm³/mol. The Labute approximate surface area is 114 Å². The summed E-state index contributed by atoms with van der Waals surface area (Å²) in [4.78, 5) is 0. The zero-order valence-corrected chi connectivity index (χ0v) is 11.8. The summed E-state index contributed by atoms with van der Waals surface area (Å²) in [6.07, 6.45) is 1.74. The Hall–Kier alpha value is -0.870. The number of nitrogens with zero attached hydrogens (tertiary/aromatic N) is 2. The van der Waals surface area contributed by atoms with E-state index in [0.717, 1.165) is 28.6 Å². The van der Waals surface area contributed by atoms with Crippen LogP contribution in [0.15, 0.2) is 32.9 Å². The molecule has 0 spiro atoms. The Morgan fingerprint density at radius 3 is 2.94 bits per heavy atom. The fourth-order valence-corrected chi connectivity index (χ4v) is 2.52. The quantitative estimate of drug-likeness (QED) is 0.891. The molecule has 0 saturated heterocycles. The fraction of sp³-hybridized carbons (Fsp3) is 0.333. The Balaban J connectivity index is 2.47. The van der Waals surface area contributed by atoms with Crippen molar-refractivity contribution in [3.8, 4) is 0 Å². The number of rotatable bonds is 2.